The number of hydrogen-bond donors (Lipinski definition) is 1. The summed E-state index contributed by atoms with van der Waals surface area (Å²) in [5.74, 6) is 0.279. The molecular formula is C19H29N3O4. The van der Waals surface area contributed by atoms with E-state index in [-0.39, 0.29) is 28.7 Å². The second kappa shape index (κ2) is 7.93. The number of nitrogens with one attached hydrogen (secondary N) is 1. The van der Waals surface area contributed by atoms with Gasteiger partial charge in [-0.05, 0) is 51.2 Å². The first-order valence-corrected chi connectivity index (χ1v) is 9.09. The number of likely N-dealkylation sites (tertiary alicyclic amines) is 1. The minimum atomic E-state index is -0.540. The quantitative estimate of drug-likeness (QED) is 0.627. The molecule has 1 aromatic carbocycles. The lowest BCUT2D eigenvalue weighted by molar-refractivity contribution is -0.384. The van der Waals surface area contributed by atoms with E-state index in [0.29, 0.717) is 18.8 Å². The lowest BCUT2D eigenvalue weighted by Gasteiger charge is -2.34. The van der Waals surface area contributed by atoms with Crippen molar-refractivity contribution in [3.63, 3.8) is 0 Å². The van der Waals surface area contributed by atoms with Gasteiger partial charge in [0.15, 0.2) is 0 Å². The van der Waals surface area contributed by atoms with Crippen LogP contribution in [0.4, 0.5) is 16.2 Å². The highest BCUT2D eigenvalue weighted by Crippen LogP contribution is 2.30. The van der Waals surface area contributed by atoms with E-state index in [1.54, 1.807) is 17.0 Å². The number of nitro benzene ring substituents is 1. The number of carbonyl (C=O) groups is 1. The minimum Gasteiger partial charge on any atom is -0.444 e. The summed E-state index contributed by atoms with van der Waals surface area (Å²) in [6, 6.07) is 5.14. The topological polar surface area (TPSA) is 84.7 Å². The van der Waals surface area contributed by atoms with Crippen molar-refractivity contribution in [3.05, 3.63) is 33.9 Å². The van der Waals surface area contributed by atoms with Gasteiger partial charge in [0.25, 0.3) is 5.69 Å². The molecule has 1 aromatic rings. The lowest BCUT2D eigenvalue weighted by Crippen LogP contribution is -2.47. The van der Waals surface area contributed by atoms with Crippen LogP contribution in [0.3, 0.4) is 0 Å². The molecule has 1 atom stereocenters. The molecule has 0 saturated carbocycles. The Balaban J connectivity index is 2.13. The maximum atomic E-state index is 12.3. The van der Waals surface area contributed by atoms with Crippen LogP contribution in [0.15, 0.2) is 18.2 Å². The predicted molar refractivity (Wildman–Crippen MR) is 102 cm³/mol. The number of carbonyl (C=O) groups excluding carboxylic acids is 1. The number of nitro groups is 1. The SMILES string of the molecule is CC(C)c1ccc([N+](=O)[O-])c(NC2CCCN(C(=O)OC(C)(C)C)C2)c1. The maximum Gasteiger partial charge on any atom is 0.410 e. The number of piperidine rings is 1. The molecule has 1 amide bonds. The molecule has 0 spiro atoms. The normalized spacial score (nSPS) is 17.9. The van der Waals surface area contributed by atoms with Crippen LogP contribution >= 0.6 is 0 Å². The Labute approximate surface area is 154 Å². The van der Waals surface area contributed by atoms with Gasteiger partial charge in [-0.3, -0.25) is 10.1 Å². The van der Waals surface area contributed by atoms with Gasteiger partial charge < -0.3 is 15.0 Å². The van der Waals surface area contributed by atoms with E-state index in [9.17, 15) is 14.9 Å². The first-order chi connectivity index (χ1) is 12.1. The van der Waals surface area contributed by atoms with Crippen LogP contribution < -0.4 is 5.32 Å². The summed E-state index contributed by atoms with van der Waals surface area (Å²) < 4.78 is 5.44. The summed E-state index contributed by atoms with van der Waals surface area (Å²) in [6.07, 6.45) is 1.34. The summed E-state index contributed by atoms with van der Waals surface area (Å²) in [6.45, 7) is 10.7. The van der Waals surface area contributed by atoms with E-state index in [4.69, 9.17) is 4.74 Å². The summed E-state index contributed by atoms with van der Waals surface area (Å²) in [4.78, 5) is 24.9. The fraction of sp³-hybridized carbons (Fsp3) is 0.632. The molecule has 26 heavy (non-hydrogen) atoms. The van der Waals surface area contributed by atoms with E-state index in [2.05, 4.69) is 19.2 Å². The molecule has 1 unspecified atom stereocenters. The van der Waals surface area contributed by atoms with Crippen LogP contribution in [-0.2, 0) is 4.74 Å². The van der Waals surface area contributed by atoms with E-state index in [0.717, 1.165) is 18.4 Å². The molecule has 144 valence electrons. The molecule has 2 rings (SSSR count). The van der Waals surface area contributed by atoms with Crippen LogP contribution in [0.25, 0.3) is 0 Å². The average molecular weight is 363 g/mol. The van der Waals surface area contributed by atoms with Crippen LogP contribution in [0, 0.1) is 10.1 Å². The van der Waals surface area contributed by atoms with Gasteiger partial charge in [0.05, 0.1) is 4.92 Å². The molecule has 0 bridgehead atoms. The molecule has 0 radical (unpaired) electrons. The van der Waals surface area contributed by atoms with Gasteiger partial charge in [0, 0.05) is 25.2 Å². The highest BCUT2D eigenvalue weighted by molar-refractivity contribution is 5.69. The molecule has 0 aromatic heterocycles. The minimum absolute atomic E-state index is 0.0441. The van der Waals surface area contributed by atoms with Crippen molar-refractivity contribution in [2.75, 3.05) is 18.4 Å². The highest BCUT2D eigenvalue weighted by Gasteiger charge is 2.28. The van der Waals surface area contributed by atoms with Crippen LogP contribution in [0.5, 0.6) is 0 Å². The standard InChI is InChI=1S/C19H29N3O4/c1-13(2)14-8-9-17(22(24)25)16(11-14)20-15-7-6-10-21(12-15)18(23)26-19(3,4)5/h8-9,11,13,15,20H,6-7,10,12H2,1-5H3. The molecule has 1 aliphatic rings. The van der Waals surface area contributed by atoms with Crippen molar-refractivity contribution >= 4 is 17.5 Å². The van der Waals surface area contributed by atoms with E-state index in [1.165, 1.54) is 0 Å². The van der Waals surface area contributed by atoms with Gasteiger partial charge in [0.1, 0.15) is 11.3 Å². The zero-order valence-corrected chi connectivity index (χ0v) is 16.2. The fourth-order valence-corrected chi connectivity index (χ4v) is 2.99. The first kappa shape index (κ1) is 20.0. The van der Waals surface area contributed by atoms with Gasteiger partial charge in [-0.25, -0.2) is 4.79 Å². The molecule has 1 heterocycles. The third kappa shape index (κ3) is 5.34. The van der Waals surface area contributed by atoms with Crippen molar-refractivity contribution in [2.45, 2.75) is 65.0 Å². The number of nitrogens with zero attached hydrogens (tertiary/aromatic N) is 2. The van der Waals surface area contributed by atoms with E-state index in [1.807, 2.05) is 26.8 Å². The molecule has 1 fully saturated rings. The van der Waals surface area contributed by atoms with E-state index >= 15 is 0 Å². The Morgan fingerprint density at radius 1 is 1.38 bits per heavy atom. The Morgan fingerprint density at radius 3 is 2.65 bits per heavy atom. The Bertz CT molecular complexity index is 667. The Morgan fingerprint density at radius 2 is 2.08 bits per heavy atom. The summed E-state index contributed by atoms with van der Waals surface area (Å²) in [7, 11) is 0. The lowest BCUT2D eigenvalue weighted by atomic mass is 10.0. The fourth-order valence-electron chi connectivity index (χ4n) is 2.99. The van der Waals surface area contributed by atoms with Crippen molar-refractivity contribution in [1.29, 1.82) is 0 Å². The molecule has 1 N–H and O–H groups in total. The third-order valence-electron chi connectivity index (χ3n) is 4.32. The predicted octanol–water partition coefficient (Wildman–Crippen LogP) is 4.53. The number of benzene rings is 1. The molecule has 1 saturated heterocycles. The van der Waals surface area contributed by atoms with Crippen molar-refractivity contribution in [2.24, 2.45) is 0 Å². The molecule has 0 aliphatic carbocycles. The zero-order valence-electron chi connectivity index (χ0n) is 16.2. The van der Waals surface area contributed by atoms with Gasteiger partial charge in [-0.2, -0.15) is 0 Å². The largest absolute Gasteiger partial charge is 0.444 e. The van der Waals surface area contributed by atoms with Gasteiger partial charge in [-0.15, -0.1) is 0 Å². The molecule has 7 heteroatoms. The van der Waals surface area contributed by atoms with Gasteiger partial charge in [-0.1, -0.05) is 19.9 Å². The number of amides is 1. The van der Waals surface area contributed by atoms with Gasteiger partial charge >= 0.3 is 6.09 Å². The van der Waals surface area contributed by atoms with Crippen molar-refractivity contribution in [3.8, 4) is 0 Å². The summed E-state index contributed by atoms with van der Waals surface area (Å²) >= 11 is 0. The number of hydrogen-bond acceptors (Lipinski definition) is 5. The van der Waals surface area contributed by atoms with Crippen LogP contribution in [0.1, 0.15) is 58.9 Å². The smallest absolute Gasteiger partial charge is 0.410 e. The van der Waals surface area contributed by atoms with E-state index < -0.39 is 5.60 Å². The van der Waals surface area contributed by atoms with Gasteiger partial charge in [0.2, 0.25) is 0 Å². The monoisotopic (exact) mass is 363 g/mol. The Kier molecular flexibility index (Phi) is 6.10. The second-order valence-corrected chi connectivity index (χ2v) is 8.10. The van der Waals surface area contributed by atoms with Crippen LogP contribution in [0.2, 0.25) is 0 Å². The average Bonchev–Trinajstić information content (AvgIpc) is 2.53. The molecule has 7 nitrogen and oxygen atoms in total. The zero-order chi connectivity index (χ0) is 19.5. The number of ether oxygens (including phenoxy) is 1. The Hall–Kier alpha value is -2.31. The first-order valence-electron chi connectivity index (χ1n) is 9.09. The van der Waals surface area contributed by atoms with Crippen molar-refractivity contribution < 1.29 is 14.5 Å². The summed E-state index contributed by atoms with van der Waals surface area (Å²) in [5.41, 5.74) is 1.07. The number of anilines is 1. The highest BCUT2D eigenvalue weighted by atomic mass is 16.6. The van der Waals surface area contributed by atoms with Crippen LogP contribution in [-0.4, -0.2) is 40.6 Å². The second-order valence-electron chi connectivity index (χ2n) is 8.10. The molecular weight excluding hydrogens is 334 g/mol. The van der Waals surface area contributed by atoms with Crippen molar-refractivity contribution in [1.82, 2.24) is 4.90 Å². The summed E-state index contributed by atoms with van der Waals surface area (Å²) in [5, 5.41) is 14.6. The number of rotatable bonds is 4. The maximum absolute atomic E-state index is 12.3. The molecule has 1 aliphatic heterocycles. The third-order valence-corrected chi connectivity index (χ3v) is 4.32.